The Kier molecular flexibility index (Phi) is 4.92. The van der Waals surface area contributed by atoms with Crippen molar-refractivity contribution in [1.29, 1.82) is 0 Å². The Bertz CT molecular complexity index is 1240. The standard InChI is InChI=1S/C24H26N4O3/c1-23(2,3)21-19(22(29)30-24(4,5)6)25-27-28(21)16-12-13-18-17(14-16)20(31-26-18)15-10-8-7-9-11-15/h7-14H,1-6H3. The summed E-state index contributed by atoms with van der Waals surface area (Å²) in [6.45, 7) is 11.5. The van der Waals surface area contributed by atoms with Crippen molar-refractivity contribution in [2.24, 2.45) is 0 Å². The fourth-order valence-corrected chi connectivity index (χ4v) is 3.46. The van der Waals surface area contributed by atoms with Crippen molar-refractivity contribution >= 4 is 16.9 Å². The number of benzene rings is 2. The quantitative estimate of drug-likeness (QED) is 0.418. The van der Waals surface area contributed by atoms with Gasteiger partial charge in [0.05, 0.1) is 16.8 Å². The lowest BCUT2D eigenvalue weighted by Crippen LogP contribution is -2.27. The van der Waals surface area contributed by atoms with E-state index in [4.69, 9.17) is 9.26 Å². The maximum Gasteiger partial charge on any atom is 0.361 e. The van der Waals surface area contributed by atoms with Crippen molar-refractivity contribution in [3.63, 3.8) is 0 Å². The molecular formula is C24H26N4O3. The van der Waals surface area contributed by atoms with Gasteiger partial charge in [0.25, 0.3) is 0 Å². The van der Waals surface area contributed by atoms with Crippen molar-refractivity contribution in [3.05, 3.63) is 59.9 Å². The summed E-state index contributed by atoms with van der Waals surface area (Å²) in [4.78, 5) is 12.8. The fraction of sp³-hybridized carbons (Fsp3) is 0.333. The monoisotopic (exact) mass is 418 g/mol. The smallest absolute Gasteiger partial charge is 0.361 e. The lowest BCUT2D eigenvalue weighted by atomic mass is 9.90. The average molecular weight is 418 g/mol. The average Bonchev–Trinajstić information content (AvgIpc) is 3.31. The minimum absolute atomic E-state index is 0.219. The molecule has 0 aliphatic carbocycles. The zero-order valence-electron chi connectivity index (χ0n) is 18.6. The molecule has 160 valence electrons. The largest absolute Gasteiger partial charge is 0.455 e. The second-order valence-corrected chi connectivity index (χ2v) is 9.53. The summed E-state index contributed by atoms with van der Waals surface area (Å²) < 4.78 is 12.9. The first-order chi connectivity index (χ1) is 14.5. The number of rotatable bonds is 3. The van der Waals surface area contributed by atoms with Gasteiger partial charge in [0.2, 0.25) is 0 Å². The number of carbonyl (C=O) groups excluding carboxylic acids is 1. The number of aromatic nitrogens is 4. The Morgan fingerprint density at radius 3 is 2.35 bits per heavy atom. The highest BCUT2D eigenvalue weighted by Crippen LogP contribution is 2.32. The maximum atomic E-state index is 12.8. The first-order valence-electron chi connectivity index (χ1n) is 10.2. The molecule has 0 aliphatic heterocycles. The van der Waals surface area contributed by atoms with Crippen LogP contribution in [0.1, 0.15) is 57.7 Å². The fourth-order valence-electron chi connectivity index (χ4n) is 3.46. The molecule has 4 rings (SSSR count). The van der Waals surface area contributed by atoms with Crippen molar-refractivity contribution in [1.82, 2.24) is 20.2 Å². The molecule has 0 N–H and O–H groups in total. The molecule has 2 aromatic carbocycles. The third-order valence-corrected chi connectivity index (χ3v) is 4.71. The van der Waals surface area contributed by atoms with Gasteiger partial charge in [-0.3, -0.25) is 0 Å². The Morgan fingerprint density at radius 1 is 1.00 bits per heavy atom. The molecule has 0 amide bonds. The van der Waals surface area contributed by atoms with E-state index in [2.05, 4.69) is 15.5 Å². The summed E-state index contributed by atoms with van der Waals surface area (Å²) in [5.41, 5.74) is 2.32. The Labute approximate surface area is 181 Å². The highest BCUT2D eigenvalue weighted by atomic mass is 16.6. The highest BCUT2D eigenvalue weighted by molar-refractivity contribution is 5.93. The Balaban J connectivity index is 1.85. The van der Waals surface area contributed by atoms with Crippen LogP contribution in [0.4, 0.5) is 0 Å². The van der Waals surface area contributed by atoms with Crippen molar-refractivity contribution in [3.8, 4) is 17.0 Å². The predicted octanol–water partition coefficient (Wildman–Crippen LogP) is 5.33. The number of hydrogen-bond acceptors (Lipinski definition) is 6. The summed E-state index contributed by atoms with van der Waals surface area (Å²) in [6.07, 6.45) is 0. The minimum atomic E-state index is -0.623. The van der Waals surface area contributed by atoms with Crippen LogP contribution in [0.15, 0.2) is 53.1 Å². The van der Waals surface area contributed by atoms with Crippen LogP contribution in [0.5, 0.6) is 0 Å². The van der Waals surface area contributed by atoms with E-state index < -0.39 is 17.0 Å². The number of esters is 1. The third kappa shape index (κ3) is 4.08. The van der Waals surface area contributed by atoms with Crippen LogP contribution in [0.25, 0.3) is 27.9 Å². The number of nitrogens with zero attached hydrogens (tertiary/aromatic N) is 4. The van der Waals surface area contributed by atoms with Gasteiger partial charge in [0.1, 0.15) is 11.1 Å². The molecule has 4 aromatic rings. The van der Waals surface area contributed by atoms with Gasteiger partial charge in [0.15, 0.2) is 11.5 Å². The van der Waals surface area contributed by atoms with Gasteiger partial charge >= 0.3 is 5.97 Å². The molecule has 0 bridgehead atoms. The number of carbonyl (C=O) groups is 1. The zero-order chi connectivity index (χ0) is 22.4. The highest BCUT2D eigenvalue weighted by Gasteiger charge is 2.32. The second-order valence-electron chi connectivity index (χ2n) is 9.53. The van der Waals surface area contributed by atoms with E-state index in [1.54, 1.807) is 4.68 Å². The molecule has 0 spiro atoms. The van der Waals surface area contributed by atoms with Crippen LogP contribution in [0, 0.1) is 0 Å². The van der Waals surface area contributed by atoms with Gasteiger partial charge in [0, 0.05) is 11.0 Å². The summed E-state index contributed by atoms with van der Waals surface area (Å²) in [5, 5.41) is 13.5. The normalized spacial score (nSPS) is 12.3. The topological polar surface area (TPSA) is 83.0 Å². The summed E-state index contributed by atoms with van der Waals surface area (Å²) in [6, 6.07) is 15.5. The predicted molar refractivity (Wildman–Crippen MR) is 118 cm³/mol. The Hall–Kier alpha value is -3.48. The third-order valence-electron chi connectivity index (χ3n) is 4.71. The minimum Gasteiger partial charge on any atom is -0.455 e. The molecule has 0 atom stereocenters. The van der Waals surface area contributed by atoms with Crippen molar-refractivity contribution in [2.75, 3.05) is 0 Å². The number of ether oxygens (including phenoxy) is 1. The van der Waals surface area contributed by atoms with E-state index in [-0.39, 0.29) is 5.69 Å². The van der Waals surface area contributed by atoms with Crippen LogP contribution in [0.3, 0.4) is 0 Å². The van der Waals surface area contributed by atoms with Crippen molar-refractivity contribution < 1.29 is 14.1 Å². The molecule has 0 saturated heterocycles. The molecule has 0 fully saturated rings. The van der Waals surface area contributed by atoms with Crippen LogP contribution in [-0.4, -0.2) is 31.7 Å². The van der Waals surface area contributed by atoms with Gasteiger partial charge in [-0.2, -0.15) is 0 Å². The van der Waals surface area contributed by atoms with Gasteiger partial charge in [-0.15, -0.1) is 5.10 Å². The lowest BCUT2D eigenvalue weighted by molar-refractivity contribution is 0.00600. The van der Waals surface area contributed by atoms with Gasteiger partial charge in [-0.1, -0.05) is 61.5 Å². The van der Waals surface area contributed by atoms with E-state index in [9.17, 15) is 4.79 Å². The van der Waals surface area contributed by atoms with E-state index in [0.29, 0.717) is 11.5 Å². The van der Waals surface area contributed by atoms with Gasteiger partial charge < -0.3 is 9.26 Å². The molecule has 2 heterocycles. The molecule has 0 unspecified atom stereocenters. The molecule has 0 aliphatic rings. The van der Waals surface area contributed by atoms with E-state index in [1.165, 1.54) is 0 Å². The molecule has 0 saturated carbocycles. The molecule has 0 radical (unpaired) electrons. The second kappa shape index (κ2) is 7.34. The van der Waals surface area contributed by atoms with Crippen LogP contribution < -0.4 is 0 Å². The molecule has 31 heavy (non-hydrogen) atoms. The first-order valence-corrected chi connectivity index (χ1v) is 10.2. The van der Waals surface area contributed by atoms with Crippen LogP contribution >= 0.6 is 0 Å². The maximum absolute atomic E-state index is 12.8. The van der Waals surface area contributed by atoms with E-state index >= 15 is 0 Å². The van der Waals surface area contributed by atoms with Crippen LogP contribution in [-0.2, 0) is 10.2 Å². The number of fused-ring (bicyclic) bond motifs is 1. The van der Waals surface area contributed by atoms with E-state index in [1.807, 2.05) is 90.1 Å². The van der Waals surface area contributed by atoms with Gasteiger partial charge in [-0.25, -0.2) is 9.48 Å². The molecular weight excluding hydrogens is 392 g/mol. The Morgan fingerprint density at radius 2 is 1.71 bits per heavy atom. The summed E-state index contributed by atoms with van der Waals surface area (Å²) in [7, 11) is 0. The van der Waals surface area contributed by atoms with Crippen LogP contribution in [0.2, 0.25) is 0 Å². The van der Waals surface area contributed by atoms with Gasteiger partial charge in [-0.05, 0) is 39.0 Å². The summed E-state index contributed by atoms with van der Waals surface area (Å²) >= 11 is 0. The molecule has 7 heteroatoms. The lowest BCUT2D eigenvalue weighted by Gasteiger charge is -2.23. The van der Waals surface area contributed by atoms with Crippen molar-refractivity contribution in [2.45, 2.75) is 52.6 Å². The molecule has 7 nitrogen and oxygen atoms in total. The van der Waals surface area contributed by atoms with E-state index in [0.717, 1.165) is 22.2 Å². The zero-order valence-corrected chi connectivity index (χ0v) is 18.6. The number of hydrogen-bond donors (Lipinski definition) is 0. The summed E-state index contributed by atoms with van der Waals surface area (Å²) in [5.74, 6) is 0.196. The first kappa shape index (κ1) is 20.8. The SMILES string of the molecule is CC(C)(C)OC(=O)c1nnn(-c2ccc3noc(-c4ccccc4)c3c2)c1C(C)(C)C. The molecule has 2 aromatic heterocycles.